The summed E-state index contributed by atoms with van der Waals surface area (Å²) in [4.78, 5) is 2.42. The van der Waals surface area contributed by atoms with Gasteiger partial charge in [-0.3, -0.25) is 0 Å². The molecule has 1 atom stereocenters. The summed E-state index contributed by atoms with van der Waals surface area (Å²) in [7, 11) is 0. The van der Waals surface area contributed by atoms with Crippen LogP contribution in [-0.4, -0.2) is 30.6 Å². The Morgan fingerprint density at radius 1 is 1.21 bits per heavy atom. The van der Waals surface area contributed by atoms with E-state index in [1.54, 1.807) is 13.0 Å². The zero-order chi connectivity index (χ0) is 13.8. The van der Waals surface area contributed by atoms with Crippen LogP contribution in [0.3, 0.4) is 0 Å². The summed E-state index contributed by atoms with van der Waals surface area (Å²) in [6.07, 6.45) is 2.55. The van der Waals surface area contributed by atoms with Crippen LogP contribution in [0.1, 0.15) is 30.9 Å². The first-order chi connectivity index (χ1) is 9.06. The molecule has 0 amide bonds. The molecule has 19 heavy (non-hydrogen) atoms. The first kappa shape index (κ1) is 14.4. The molecular formula is C15H22F2N2. The zero-order valence-corrected chi connectivity index (χ0v) is 11.7. The lowest BCUT2D eigenvalue weighted by Gasteiger charge is -2.21. The van der Waals surface area contributed by atoms with Crippen molar-refractivity contribution in [2.75, 3.05) is 19.6 Å². The number of hydrogen-bond donors (Lipinski definition) is 1. The van der Waals surface area contributed by atoms with Gasteiger partial charge >= 0.3 is 0 Å². The molecule has 2 rings (SSSR count). The fourth-order valence-corrected chi connectivity index (χ4v) is 2.55. The van der Waals surface area contributed by atoms with Crippen LogP contribution < -0.4 is 5.32 Å². The second-order valence-corrected chi connectivity index (χ2v) is 5.48. The molecular weight excluding hydrogens is 246 g/mol. The van der Waals surface area contributed by atoms with E-state index >= 15 is 0 Å². The normalized spacial score (nSPS) is 17.9. The smallest absolute Gasteiger partial charge is 0.130 e. The molecule has 106 valence electrons. The molecule has 1 N–H and O–H groups in total. The Hall–Kier alpha value is -1.00. The minimum Gasteiger partial charge on any atom is -0.309 e. The van der Waals surface area contributed by atoms with Crippen molar-refractivity contribution >= 4 is 0 Å². The number of likely N-dealkylation sites (tertiary alicyclic amines) is 1. The Balaban J connectivity index is 1.85. The van der Waals surface area contributed by atoms with Crippen molar-refractivity contribution in [3.8, 4) is 0 Å². The largest absolute Gasteiger partial charge is 0.309 e. The summed E-state index contributed by atoms with van der Waals surface area (Å²) in [5.41, 5.74) is 1.03. The van der Waals surface area contributed by atoms with Crippen LogP contribution >= 0.6 is 0 Å². The van der Waals surface area contributed by atoms with E-state index in [1.807, 2.05) is 0 Å². The lowest BCUT2D eigenvalue weighted by Crippen LogP contribution is -2.37. The van der Waals surface area contributed by atoms with Gasteiger partial charge in [0.2, 0.25) is 0 Å². The average Bonchev–Trinajstić information content (AvgIpc) is 2.85. The van der Waals surface area contributed by atoms with E-state index in [2.05, 4.69) is 17.1 Å². The Morgan fingerprint density at radius 2 is 1.89 bits per heavy atom. The SMILES string of the molecule is Cc1cc(CNC(C)CN2CCCC2)c(F)cc1F. The molecule has 0 radical (unpaired) electrons. The number of hydrogen-bond acceptors (Lipinski definition) is 2. The Labute approximate surface area is 113 Å². The second-order valence-electron chi connectivity index (χ2n) is 5.48. The van der Waals surface area contributed by atoms with Crippen LogP contribution in [0.2, 0.25) is 0 Å². The van der Waals surface area contributed by atoms with Crippen molar-refractivity contribution in [1.82, 2.24) is 10.2 Å². The molecule has 4 heteroatoms. The molecule has 1 saturated heterocycles. The van der Waals surface area contributed by atoms with Crippen molar-refractivity contribution in [1.29, 1.82) is 0 Å². The zero-order valence-electron chi connectivity index (χ0n) is 11.7. The van der Waals surface area contributed by atoms with Gasteiger partial charge in [-0.15, -0.1) is 0 Å². The van der Waals surface area contributed by atoms with E-state index in [0.29, 0.717) is 23.7 Å². The lowest BCUT2D eigenvalue weighted by molar-refractivity contribution is 0.297. The van der Waals surface area contributed by atoms with Gasteiger partial charge in [0.1, 0.15) is 11.6 Å². The van der Waals surface area contributed by atoms with Crippen LogP contribution in [0.5, 0.6) is 0 Å². The molecule has 2 nitrogen and oxygen atoms in total. The maximum atomic E-state index is 13.6. The summed E-state index contributed by atoms with van der Waals surface area (Å²) in [5.74, 6) is -0.949. The highest BCUT2D eigenvalue weighted by Crippen LogP contribution is 2.14. The van der Waals surface area contributed by atoms with E-state index in [-0.39, 0.29) is 0 Å². The summed E-state index contributed by atoms with van der Waals surface area (Å²) >= 11 is 0. The molecule has 0 aromatic heterocycles. The number of benzene rings is 1. The van der Waals surface area contributed by atoms with Gasteiger partial charge in [-0.25, -0.2) is 8.78 Å². The first-order valence-corrected chi connectivity index (χ1v) is 6.96. The highest BCUT2D eigenvalue weighted by Gasteiger charge is 2.15. The van der Waals surface area contributed by atoms with Gasteiger partial charge in [-0.05, 0) is 51.4 Å². The predicted octanol–water partition coefficient (Wildman–Crippen LogP) is 2.85. The molecule has 1 unspecified atom stereocenters. The van der Waals surface area contributed by atoms with E-state index in [4.69, 9.17) is 0 Å². The van der Waals surface area contributed by atoms with Gasteiger partial charge in [-0.1, -0.05) is 0 Å². The molecule has 0 saturated carbocycles. The van der Waals surface area contributed by atoms with Crippen LogP contribution in [0.15, 0.2) is 12.1 Å². The molecule has 1 aliphatic heterocycles. The van der Waals surface area contributed by atoms with Crippen molar-refractivity contribution in [2.24, 2.45) is 0 Å². The maximum Gasteiger partial charge on any atom is 0.130 e. The standard InChI is InChI=1S/C15H22F2N2/c1-11-7-13(15(17)8-14(11)16)9-18-12(2)10-19-5-3-4-6-19/h7-8,12,18H,3-6,9-10H2,1-2H3. The first-order valence-electron chi connectivity index (χ1n) is 6.96. The summed E-state index contributed by atoms with van der Waals surface area (Å²) in [6, 6.07) is 2.86. The van der Waals surface area contributed by atoms with Gasteiger partial charge in [0.05, 0.1) is 0 Å². The molecule has 1 aromatic carbocycles. The lowest BCUT2D eigenvalue weighted by atomic mass is 10.1. The van der Waals surface area contributed by atoms with Crippen LogP contribution in [-0.2, 0) is 6.54 Å². The third-order valence-corrected chi connectivity index (χ3v) is 3.70. The molecule has 0 bridgehead atoms. The van der Waals surface area contributed by atoms with E-state index in [0.717, 1.165) is 25.7 Å². The van der Waals surface area contributed by atoms with E-state index < -0.39 is 11.6 Å². The number of aryl methyl sites for hydroxylation is 1. The van der Waals surface area contributed by atoms with Gasteiger partial charge < -0.3 is 10.2 Å². The van der Waals surface area contributed by atoms with Crippen molar-refractivity contribution in [3.63, 3.8) is 0 Å². The monoisotopic (exact) mass is 268 g/mol. The summed E-state index contributed by atoms with van der Waals surface area (Å²) < 4.78 is 26.8. The quantitative estimate of drug-likeness (QED) is 0.883. The molecule has 0 spiro atoms. The Bertz CT molecular complexity index is 428. The molecule has 1 aromatic rings. The molecule has 1 fully saturated rings. The summed E-state index contributed by atoms with van der Waals surface area (Å²) in [5, 5.41) is 3.31. The van der Waals surface area contributed by atoms with Gasteiger partial charge in [-0.2, -0.15) is 0 Å². The highest BCUT2D eigenvalue weighted by atomic mass is 19.1. The number of halogens is 2. The minimum absolute atomic E-state index is 0.308. The van der Waals surface area contributed by atoms with Crippen LogP contribution in [0, 0.1) is 18.6 Å². The van der Waals surface area contributed by atoms with Gasteiger partial charge in [0.15, 0.2) is 0 Å². The predicted molar refractivity (Wildman–Crippen MR) is 73.1 cm³/mol. The van der Waals surface area contributed by atoms with Gasteiger partial charge in [0.25, 0.3) is 0 Å². The van der Waals surface area contributed by atoms with Crippen LogP contribution in [0.25, 0.3) is 0 Å². The molecule has 1 heterocycles. The van der Waals surface area contributed by atoms with Crippen molar-refractivity contribution < 1.29 is 8.78 Å². The van der Waals surface area contributed by atoms with Crippen molar-refractivity contribution in [2.45, 2.75) is 39.3 Å². The topological polar surface area (TPSA) is 15.3 Å². The fraction of sp³-hybridized carbons (Fsp3) is 0.600. The van der Waals surface area contributed by atoms with E-state index in [9.17, 15) is 8.78 Å². The van der Waals surface area contributed by atoms with Crippen LogP contribution in [0.4, 0.5) is 8.78 Å². The minimum atomic E-state index is -0.480. The highest BCUT2D eigenvalue weighted by molar-refractivity contribution is 5.25. The second kappa shape index (κ2) is 6.44. The maximum absolute atomic E-state index is 13.6. The molecule has 1 aliphatic rings. The Morgan fingerprint density at radius 3 is 2.58 bits per heavy atom. The fourth-order valence-electron chi connectivity index (χ4n) is 2.55. The number of nitrogens with zero attached hydrogens (tertiary/aromatic N) is 1. The van der Waals surface area contributed by atoms with Gasteiger partial charge in [0, 0.05) is 30.8 Å². The average molecular weight is 268 g/mol. The number of nitrogens with one attached hydrogen (secondary N) is 1. The Kier molecular flexibility index (Phi) is 4.88. The third kappa shape index (κ3) is 3.98. The third-order valence-electron chi connectivity index (χ3n) is 3.70. The number of rotatable bonds is 5. The van der Waals surface area contributed by atoms with Crippen molar-refractivity contribution in [3.05, 3.63) is 34.9 Å². The molecule has 0 aliphatic carbocycles. The summed E-state index contributed by atoms with van der Waals surface area (Å²) in [6.45, 7) is 7.52. The van der Waals surface area contributed by atoms with E-state index in [1.165, 1.54) is 12.8 Å².